The second-order valence-electron chi connectivity index (χ2n) is 6.29. The molecule has 4 aromatic rings. The highest BCUT2D eigenvalue weighted by Gasteiger charge is 2.14. The van der Waals surface area contributed by atoms with Crippen LogP contribution in [0.4, 0.5) is 0 Å². The second kappa shape index (κ2) is 9.11. The van der Waals surface area contributed by atoms with Gasteiger partial charge in [-0.25, -0.2) is 5.43 Å². The maximum Gasteiger partial charge on any atom is 0.289 e. The SMILES string of the molecule is O=C(NN=Cc1ccco1)c1cc(-c2ccccc2OCc2ccc(Cl)cc2)n[nH]1. The summed E-state index contributed by atoms with van der Waals surface area (Å²) in [6, 6.07) is 20.0. The smallest absolute Gasteiger partial charge is 0.289 e. The molecule has 2 aromatic carbocycles. The van der Waals surface area contributed by atoms with Gasteiger partial charge < -0.3 is 9.15 Å². The van der Waals surface area contributed by atoms with E-state index >= 15 is 0 Å². The molecule has 4 rings (SSSR count). The van der Waals surface area contributed by atoms with Gasteiger partial charge in [0.25, 0.3) is 5.91 Å². The molecule has 0 aliphatic carbocycles. The van der Waals surface area contributed by atoms with Crippen molar-refractivity contribution in [1.82, 2.24) is 15.6 Å². The van der Waals surface area contributed by atoms with E-state index in [-0.39, 0.29) is 5.69 Å². The lowest BCUT2D eigenvalue weighted by molar-refractivity contribution is 0.0950. The number of hydrogen-bond acceptors (Lipinski definition) is 5. The van der Waals surface area contributed by atoms with E-state index in [9.17, 15) is 4.79 Å². The number of aromatic amines is 1. The van der Waals surface area contributed by atoms with Crippen LogP contribution in [0.2, 0.25) is 5.02 Å². The molecule has 0 saturated heterocycles. The molecule has 150 valence electrons. The van der Waals surface area contributed by atoms with Crippen molar-refractivity contribution in [2.75, 3.05) is 0 Å². The lowest BCUT2D eigenvalue weighted by atomic mass is 10.1. The number of carbonyl (C=O) groups excluding carboxylic acids is 1. The van der Waals surface area contributed by atoms with Crippen molar-refractivity contribution in [3.05, 3.63) is 95.0 Å². The molecule has 0 unspecified atom stereocenters. The first-order valence-corrected chi connectivity index (χ1v) is 9.46. The summed E-state index contributed by atoms with van der Waals surface area (Å²) in [5.74, 6) is 0.769. The Kier molecular flexibility index (Phi) is 5.91. The molecule has 0 radical (unpaired) electrons. The molecule has 2 heterocycles. The molecule has 0 atom stereocenters. The summed E-state index contributed by atoms with van der Waals surface area (Å²) < 4.78 is 11.1. The summed E-state index contributed by atoms with van der Waals surface area (Å²) >= 11 is 5.92. The highest BCUT2D eigenvalue weighted by atomic mass is 35.5. The van der Waals surface area contributed by atoms with Crippen LogP contribution >= 0.6 is 11.6 Å². The summed E-state index contributed by atoms with van der Waals surface area (Å²) in [7, 11) is 0. The van der Waals surface area contributed by atoms with Crippen LogP contribution in [0.5, 0.6) is 5.75 Å². The average molecular weight is 421 g/mol. The molecule has 30 heavy (non-hydrogen) atoms. The molecule has 0 fully saturated rings. The van der Waals surface area contributed by atoms with Crippen LogP contribution in [0, 0.1) is 0 Å². The monoisotopic (exact) mass is 420 g/mol. The zero-order valence-electron chi connectivity index (χ0n) is 15.7. The van der Waals surface area contributed by atoms with Gasteiger partial charge in [0.2, 0.25) is 0 Å². The van der Waals surface area contributed by atoms with Crippen LogP contribution in [0.25, 0.3) is 11.3 Å². The third-order valence-corrected chi connectivity index (χ3v) is 4.45. The summed E-state index contributed by atoms with van der Waals surface area (Å²) in [5.41, 5.74) is 5.04. The van der Waals surface area contributed by atoms with Gasteiger partial charge in [-0.2, -0.15) is 10.2 Å². The highest BCUT2D eigenvalue weighted by molar-refractivity contribution is 6.30. The maximum absolute atomic E-state index is 12.3. The maximum atomic E-state index is 12.3. The Hall–Kier alpha value is -3.84. The summed E-state index contributed by atoms with van der Waals surface area (Å²) in [6.07, 6.45) is 2.94. The number of ether oxygens (including phenoxy) is 1. The van der Waals surface area contributed by atoms with Crippen LogP contribution < -0.4 is 10.2 Å². The number of furan rings is 1. The van der Waals surface area contributed by atoms with E-state index < -0.39 is 5.91 Å². The molecule has 0 spiro atoms. The minimum Gasteiger partial charge on any atom is -0.488 e. The average Bonchev–Trinajstić information content (AvgIpc) is 3.46. The van der Waals surface area contributed by atoms with E-state index in [1.165, 1.54) is 12.5 Å². The Morgan fingerprint density at radius 3 is 2.80 bits per heavy atom. The molecular weight excluding hydrogens is 404 g/mol. The van der Waals surface area contributed by atoms with E-state index in [4.69, 9.17) is 20.8 Å². The number of amides is 1. The molecule has 1 amide bonds. The predicted molar refractivity (Wildman–Crippen MR) is 114 cm³/mol. The van der Waals surface area contributed by atoms with Gasteiger partial charge in [-0.3, -0.25) is 9.89 Å². The lowest BCUT2D eigenvalue weighted by Crippen LogP contribution is -2.17. The summed E-state index contributed by atoms with van der Waals surface area (Å²) in [6.45, 7) is 0.382. The minimum absolute atomic E-state index is 0.272. The number of rotatable bonds is 7. The number of nitrogens with one attached hydrogen (secondary N) is 2. The Morgan fingerprint density at radius 1 is 1.17 bits per heavy atom. The number of para-hydroxylation sites is 1. The van der Waals surface area contributed by atoms with Gasteiger partial charge in [-0.1, -0.05) is 35.9 Å². The van der Waals surface area contributed by atoms with Crippen molar-refractivity contribution < 1.29 is 13.9 Å². The van der Waals surface area contributed by atoms with Gasteiger partial charge in [-0.15, -0.1) is 0 Å². The highest BCUT2D eigenvalue weighted by Crippen LogP contribution is 2.29. The summed E-state index contributed by atoms with van der Waals surface area (Å²) in [4.78, 5) is 12.3. The number of nitrogens with zero attached hydrogens (tertiary/aromatic N) is 2. The molecule has 0 saturated carbocycles. The van der Waals surface area contributed by atoms with Crippen molar-refractivity contribution in [2.24, 2.45) is 5.10 Å². The Morgan fingerprint density at radius 2 is 2.00 bits per heavy atom. The Balaban J connectivity index is 1.45. The summed E-state index contributed by atoms with van der Waals surface area (Å²) in [5, 5.41) is 11.5. The van der Waals surface area contributed by atoms with Crippen LogP contribution in [0.15, 0.2) is 82.5 Å². The fourth-order valence-electron chi connectivity index (χ4n) is 2.70. The van der Waals surface area contributed by atoms with Gasteiger partial charge in [0.05, 0.1) is 18.2 Å². The quantitative estimate of drug-likeness (QED) is 0.336. The first-order chi connectivity index (χ1) is 14.7. The Bertz CT molecular complexity index is 1150. The third kappa shape index (κ3) is 4.76. The zero-order valence-corrected chi connectivity index (χ0v) is 16.5. The number of halogens is 1. The van der Waals surface area contributed by atoms with E-state index in [0.29, 0.717) is 28.8 Å². The molecule has 8 heteroatoms. The molecular formula is C22H17ClN4O3. The first-order valence-electron chi connectivity index (χ1n) is 9.08. The van der Waals surface area contributed by atoms with Crippen molar-refractivity contribution >= 4 is 23.7 Å². The number of aromatic nitrogens is 2. The van der Waals surface area contributed by atoms with Crippen LogP contribution in [-0.4, -0.2) is 22.3 Å². The van der Waals surface area contributed by atoms with E-state index in [0.717, 1.165) is 11.1 Å². The van der Waals surface area contributed by atoms with E-state index in [2.05, 4.69) is 20.7 Å². The molecule has 0 aliphatic heterocycles. The fraction of sp³-hybridized carbons (Fsp3) is 0.0455. The van der Waals surface area contributed by atoms with Crippen molar-refractivity contribution in [3.63, 3.8) is 0 Å². The lowest BCUT2D eigenvalue weighted by Gasteiger charge is -2.10. The number of hydrogen-bond donors (Lipinski definition) is 2. The number of carbonyl (C=O) groups is 1. The van der Waals surface area contributed by atoms with Gasteiger partial charge in [-0.05, 0) is 48.0 Å². The molecule has 0 aliphatic rings. The van der Waals surface area contributed by atoms with Gasteiger partial charge in [0.1, 0.15) is 23.8 Å². The van der Waals surface area contributed by atoms with Crippen molar-refractivity contribution in [2.45, 2.75) is 6.61 Å². The van der Waals surface area contributed by atoms with Crippen LogP contribution in [-0.2, 0) is 6.61 Å². The van der Waals surface area contributed by atoms with Crippen molar-refractivity contribution in [3.8, 4) is 17.0 Å². The van der Waals surface area contributed by atoms with Gasteiger partial charge >= 0.3 is 0 Å². The van der Waals surface area contributed by atoms with Gasteiger partial charge in [0, 0.05) is 10.6 Å². The number of hydrazone groups is 1. The molecule has 7 nitrogen and oxygen atoms in total. The van der Waals surface area contributed by atoms with E-state index in [1.54, 1.807) is 18.2 Å². The van der Waals surface area contributed by atoms with Crippen LogP contribution in [0.3, 0.4) is 0 Å². The second-order valence-corrected chi connectivity index (χ2v) is 6.73. The number of H-pyrrole nitrogens is 1. The Labute approximate surface area is 177 Å². The standard InChI is InChI=1S/C22H17ClN4O3/c23-16-9-7-15(8-10-16)14-30-21-6-2-1-5-18(21)19-12-20(26-25-19)22(28)27-24-13-17-4-3-11-29-17/h1-13H,14H2,(H,25,26)(H,27,28). The number of benzene rings is 2. The molecule has 2 N–H and O–H groups in total. The van der Waals surface area contributed by atoms with Crippen molar-refractivity contribution in [1.29, 1.82) is 0 Å². The normalized spacial score (nSPS) is 11.0. The topological polar surface area (TPSA) is 92.5 Å². The first kappa shape index (κ1) is 19.5. The fourth-order valence-corrected chi connectivity index (χ4v) is 2.83. The molecule has 0 bridgehead atoms. The van der Waals surface area contributed by atoms with Gasteiger partial charge in [0.15, 0.2) is 0 Å². The zero-order chi connectivity index (χ0) is 20.8. The van der Waals surface area contributed by atoms with E-state index in [1.807, 2.05) is 48.5 Å². The molecule has 2 aromatic heterocycles. The van der Waals surface area contributed by atoms with Crippen LogP contribution in [0.1, 0.15) is 21.8 Å². The third-order valence-electron chi connectivity index (χ3n) is 4.19. The predicted octanol–water partition coefficient (Wildman–Crippen LogP) is 4.67. The minimum atomic E-state index is -0.420. The largest absolute Gasteiger partial charge is 0.488 e.